The molecule has 1 aliphatic rings. The highest BCUT2D eigenvalue weighted by atomic mass is 35.5. The van der Waals surface area contributed by atoms with E-state index in [1.165, 1.54) is 6.07 Å². The number of carbonyl (C=O) groups is 3. The Bertz CT molecular complexity index is 1340. The van der Waals surface area contributed by atoms with E-state index in [-0.39, 0.29) is 16.6 Å². The van der Waals surface area contributed by atoms with E-state index in [0.29, 0.717) is 45.0 Å². The highest BCUT2D eigenvalue weighted by Gasteiger charge is 2.39. The molecule has 1 aliphatic heterocycles. The topological polar surface area (TPSA) is 87.7 Å². The van der Waals surface area contributed by atoms with Crippen LogP contribution in [0.3, 0.4) is 0 Å². The first-order valence-electron chi connectivity index (χ1n) is 10.4. The number of anilines is 3. The summed E-state index contributed by atoms with van der Waals surface area (Å²) in [5.74, 6) is -0.996. The fourth-order valence-electron chi connectivity index (χ4n) is 3.34. The van der Waals surface area contributed by atoms with Crippen LogP contribution in [0.4, 0.5) is 17.1 Å². The third-order valence-corrected chi connectivity index (χ3v) is 5.93. The zero-order chi connectivity index (χ0) is 25.1. The molecule has 3 aromatic carbocycles. The van der Waals surface area contributed by atoms with Crippen molar-refractivity contribution in [3.63, 3.8) is 0 Å². The highest BCUT2D eigenvalue weighted by Crippen LogP contribution is 2.31. The van der Waals surface area contributed by atoms with E-state index in [0.717, 1.165) is 4.90 Å². The monoisotopic (exact) mass is 529 g/mol. The standard InChI is InChI=1S/C25H18Cl3N3O4/c1-2-35-18-10-8-17(9-11-18)31-24(33)21(28)22(25(31)34)29-16-6-3-14(4-7-16)23(32)30-20-12-5-15(26)13-19(20)27/h3-13,29H,2H2,1H3,(H,30,32). The largest absolute Gasteiger partial charge is 0.494 e. The molecule has 35 heavy (non-hydrogen) atoms. The Labute approximate surface area is 216 Å². The Balaban J connectivity index is 1.46. The average molecular weight is 531 g/mol. The lowest BCUT2D eigenvalue weighted by atomic mass is 10.2. The third-order valence-electron chi connectivity index (χ3n) is 5.03. The van der Waals surface area contributed by atoms with Crippen LogP contribution in [0.25, 0.3) is 0 Å². The van der Waals surface area contributed by atoms with Gasteiger partial charge in [0.05, 0.1) is 23.0 Å². The predicted octanol–water partition coefficient (Wildman–Crippen LogP) is 6.08. The number of hydrogen-bond acceptors (Lipinski definition) is 5. The molecule has 0 unspecified atom stereocenters. The molecule has 0 aliphatic carbocycles. The number of hydrogen-bond donors (Lipinski definition) is 2. The van der Waals surface area contributed by atoms with Crippen LogP contribution in [0.5, 0.6) is 5.75 Å². The van der Waals surface area contributed by atoms with E-state index in [9.17, 15) is 14.4 Å². The average Bonchev–Trinajstić information content (AvgIpc) is 3.05. The molecular formula is C25H18Cl3N3O4. The Morgan fingerprint density at radius 3 is 2.23 bits per heavy atom. The van der Waals surface area contributed by atoms with Gasteiger partial charge in [0.25, 0.3) is 17.7 Å². The lowest BCUT2D eigenvalue weighted by Crippen LogP contribution is -2.32. The molecule has 0 radical (unpaired) electrons. The normalized spacial score (nSPS) is 13.3. The van der Waals surface area contributed by atoms with E-state index in [2.05, 4.69) is 10.6 Å². The molecule has 0 spiro atoms. The summed E-state index contributed by atoms with van der Waals surface area (Å²) < 4.78 is 5.39. The second kappa shape index (κ2) is 10.4. The fraction of sp³-hybridized carbons (Fsp3) is 0.0800. The molecule has 3 aromatic rings. The summed E-state index contributed by atoms with van der Waals surface area (Å²) in [7, 11) is 0. The van der Waals surface area contributed by atoms with Crippen LogP contribution in [0.1, 0.15) is 17.3 Å². The summed E-state index contributed by atoms with van der Waals surface area (Å²) in [6, 6.07) is 17.6. The lowest BCUT2D eigenvalue weighted by Gasteiger charge is -2.15. The number of carbonyl (C=O) groups excluding carboxylic acids is 3. The van der Waals surface area contributed by atoms with Crippen LogP contribution < -0.4 is 20.3 Å². The summed E-state index contributed by atoms with van der Waals surface area (Å²) in [5.41, 5.74) is 1.55. The van der Waals surface area contributed by atoms with Crippen molar-refractivity contribution in [2.75, 3.05) is 22.1 Å². The summed E-state index contributed by atoms with van der Waals surface area (Å²) >= 11 is 18.2. The number of halogens is 3. The van der Waals surface area contributed by atoms with Gasteiger partial charge >= 0.3 is 0 Å². The quantitative estimate of drug-likeness (QED) is 0.362. The fourth-order valence-corrected chi connectivity index (χ4v) is 4.01. The first kappa shape index (κ1) is 24.6. The van der Waals surface area contributed by atoms with Gasteiger partial charge in [-0.3, -0.25) is 14.4 Å². The summed E-state index contributed by atoms with van der Waals surface area (Å²) in [6.07, 6.45) is 0. The van der Waals surface area contributed by atoms with Gasteiger partial charge in [0.15, 0.2) is 0 Å². The molecule has 10 heteroatoms. The number of benzene rings is 3. The lowest BCUT2D eigenvalue weighted by molar-refractivity contribution is -0.120. The third kappa shape index (κ3) is 5.27. The number of amides is 3. The molecule has 0 aromatic heterocycles. The molecule has 0 saturated carbocycles. The van der Waals surface area contributed by atoms with Crippen LogP contribution in [0.15, 0.2) is 77.5 Å². The molecular weight excluding hydrogens is 513 g/mol. The number of nitrogens with zero attached hydrogens (tertiary/aromatic N) is 1. The first-order chi connectivity index (χ1) is 16.8. The molecule has 178 valence electrons. The minimum Gasteiger partial charge on any atom is -0.494 e. The molecule has 0 fully saturated rings. The number of ether oxygens (including phenoxy) is 1. The van der Waals surface area contributed by atoms with Gasteiger partial charge in [-0.1, -0.05) is 34.8 Å². The van der Waals surface area contributed by atoms with Crippen molar-refractivity contribution in [2.24, 2.45) is 0 Å². The van der Waals surface area contributed by atoms with Crippen LogP contribution in [0.2, 0.25) is 10.0 Å². The molecule has 1 heterocycles. The van der Waals surface area contributed by atoms with Gasteiger partial charge in [-0.15, -0.1) is 0 Å². The second-order valence-corrected chi connectivity index (χ2v) is 8.56. The zero-order valence-electron chi connectivity index (χ0n) is 18.3. The van der Waals surface area contributed by atoms with E-state index in [1.807, 2.05) is 6.92 Å². The maximum Gasteiger partial charge on any atom is 0.283 e. The van der Waals surface area contributed by atoms with Gasteiger partial charge in [0.2, 0.25) is 0 Å². The van der Waals surface area contributed by atoms with Crippen molar-refractivity contribution in [3.05, 3.63) is 93.1 Å². The number of nitrogens with one attached hydrogen (secondary N) is 2. The number of rotatable bonds is 7. The maximum atomic E-state index is 13.0. The molecule has 3 amide bonds. The summed E-state index contributed by atoms with van der Waals surface area (Å²) in [5, 5.41) is 6.12. The Kier molecular flexibility index (Phi) is 7.31. The smallest absolute Gasteiger partial charge is 0.283 e. The van der Waals surface area contributed by atoms with Crippen molar-refractivity contribution in [1.29, 1.82) is 0 Å². The maximum absolute atomic E-state index is 13.0. The molecule has 7 nitrogen and oxygen atoms in total. The predicted molar refractivity (Wildman–Crippen MR) is 137 cm³/mol. The van der Waals surface area contributed by atoms with Gasteiger partial charge in [-0.2, -0.15) is 0 Å². The van der Waals surface area contributed by atoms with Gasteiger partial charge < -0.3 is 15.4 Å². The van der Waals surface area contributed by atoms with Crippen molar-refractivity contribution < 1.29 is 19.1 Å². The number of imide groups is 1. The Morgan fingerprint density at radius 2 is 1.60 bits per heavy atom. The van der Waals surface area contributed by atoms with Crippen molar-refractivity contribution in [2.45, 2.75) is 6.92 Å². The van der Waals surface area contributed by atoms with Crippen LogP contribution in [-0.2, 0) is 9.59 Å². The van der Waals surface area contributed by atoms with Gasteiger partial charge in [0.1, 0.15) is 16.5 Å². The highest BCUT2D eigenvalue weighted by molar-refractivity contribution is 6.53. The minimum atomic E-state index is -0.640. The van der Waals surface area contributed by atoms with E-state index in [1.54, 1.807) is 60.7 Å². The second-order valence-electron chi connectivity index (χ2n) is 7.34. The SMILES string of the molecule is CCOc1ccc(N2C(=O)C(Cl)=C(Nc3ccc(C(=O)Nc4ccc(Cl)cc4Cl)cc3)C2=O)cc1. The molecule has 0 atom stereocenters. The van der Waals surface area contributed by atoms with Crippen LogP contribution >= 0.6 is 34.8 Å². The van der Waals surface area contributed by atoms with Crippen LogP contribution in [0, 0.1) is 0 Å². The summed E-state index contributed by atoms with van der Waals surface area (Å²) in [4.78, 5) is 39.2. The van der Waals surface area contributed by atoms with Gasteiger partial charge in [-0.05, 0) is 73.7 Å². The summed E-state index contributed by atoms with van der Waals surface area (Å²) in [6.45, 7) is 2.36. The molecule has 2 N–H and O–H groups in total. The van der Waals surface area contributed by atoms with Gasteiger partial charge in [-0.25, -0.2) is 4.90 Å². The Hall–Kier alpha value is -3.52. The minimum absolute atomic E-state index is 0.0595. The van der Waals surface area contributed by atoms with Crippen LogP contribution in [-0.4, -0.2) is 24.3 Å². The van der Waals surface area contributed by atoms with E-state index >= 15 is 0 Å². The van der Waals surface area contributed by atoms with Crippen molar-refractivity contribution >= 4 is 69.6 Å². The van der Waals surface area contributed by atoms with Gasteiger partial charge in [0, 0.05) is 16.3 Å². The van der Waals surface area contributed by atoms with E-state index < -0.39 is 11.8 Å². The first-order valence-corrected chi connectivity index (χ1v) is 11.6. The molecule has 0 bridgehead atoms. The van der Waals surface area contributed by atoms with Crippen molar-refractivity contribution in [1.82, 2.24) is 0 Å². The molecule has 4 rings (SSSR count). The molecule has 0 saturated heterocycles. The van der Waals surface area contributed by atoms with E-state index in [4.69, 9.17) is 39.5 Å². The van der Waals surface area contributed by atoms with Crippen molar-refractivity contribution in [3.8, 4) is 5.75 Å². The zero-order valence-corrected chi connectivity index (χ0v) is 20.5. The Morgan fingerprint density at radius 1 is 0.914 bits per heavy atom.